The highest BCUT2D eigenvalue weighted by molar-refractivity contribution is 5.97. The van der Waals surface area contributed by atoms with Crippen molar-refractivity contribution >= 4 is 34.7 Å². The van der Waals surface area contributed by atoms with Crippen LogP contribution in [0.25, 0.3) is 10.9 Å². The first kappa shape index (κ1) is 30.9. The van der Waals surface area contributed by atoms with Crippen LogP contribution in [0.2, 0.25) is 0 Å². The van der Waals surface area contributed by atoms with E-state index in [1.54, 1.807) is 51.0 Å². The Kier molecular flexibility index (Phi) is 8.34. The molecule has 0 bridgehead atoms. The van der Waals surface area contributed by atoms with Gasteiger partial charge in [0.05, 0.1) is 38.2 Å². The number of hydrazine groups is 1. The quantitative estimate of drug-likeness (QED) is 0.375. The van der Waals surface area contributed by atoms with Crippen LogP contribution in [0.15, 0.2) is 17.1 Å². The summed E-state index contributed by atoms with van der Waals surface area (Å²) in [6, 6.07) is 1.10. The SMILES string of the molecule is COC(=O)c1cn(C2CC2)c2c(OC)c(N3CCN(C(=O)OC(C)(C)C)N(C(=O)OC(C)(C)C)CC3)c(F)cc2c1=O. The molecular formula is C29H39FN4O8. The number of esters is 1. The minimum Gasteiger partial charge on any atom is -0.492 e. The molecule has 2 heterocycles. The Morgan fingerprint density at radius 1 is 0.881 bits per heavy atom. The molecule has 0 N–H and O–H groups in total. The lowest BCUT2D eigenvalue weighted by molar-refractivity contribution is -0.0572. The van der Waals surface area contributed by atoms with E-state index in [0.29, 0.717) is 5.52 Å². The average molecular weight is 591 g/mol. The minimum absolute atomic E-state index is 0.00169. The minimum atomic E-state index is -0.828. The first-order valence-corrected chi connectivity index (χ1v) is 13.9. The molecule has 230 valence electrons. The number of fused-ring (bicyclic) bond motifs is 1. The van der Waals surface area contributed by atoms with Crippen molar-refractivity contribution in [1.82, 2.24) is 14.6 Å². The number of nitrogens with zero attached hydrogens (tertiary/aromatic N) is 4. The molecule has 2 fully saturated rings. The third-order valence-electron chi connectivity index (χ3n) is 6.73. The molecule has 2 aliphatic rings. The van der Waals surface area contributed by atoms with Gasteiger partial charge >= 0.3 is 18.2 Å². The van der Waals surface area contributed by atoms with Gasteiger partial charge in [0, 0.05) is 25.3 Å². The van der Waals surface area contributed by atoms with E-state index in [9.17, 15) is 19.2 Å². The number of anilines is 1. The normalized spacial score (nSPS) is 16.3. The summed E-state index contributed by atoms with van der Waals surface area (Å²) in [5.74, 6) is -1.45. The van der Waals surface area contributed by atoms with Gasteiger partial charge in [0.25, 0.3) is 0 Å². The van der Waals surface area contributed by atoms with Crippen molar-refractivity contribution in [3.63, 3.8) is 0 Å². The third kappa shape index (κ3) is 6.39. The van der Waals surface area contributed by atoms with Gasteiger partial charge in [-0.1, -0.05) is 0 Å². The van der Waals surface area contributed by atoms with Crippen LogP contribution in [0.3, 0.4) is 0 Å². The predicted molar refractivity (Wildman–Crippen MR) is 152 cm³/mol. The second-order valence-corrected chi connectivity index (χ2v) is 12.3. The Bertz CT molecular complexity index is 1420. The van der Waals surface area contributed by atoms with Crippen LogP contribution in [0.4, 0.5) is 19.7 Å². The van der Waals surface area contributed by atoms with Crippen molar-refractivity contribution in [3.05, 3.63) is 33.9 Å². The van der Waals surface area contributed by atoms with Crippen LogP contribution in [0.5, 0.6) is 5.75 Å². The zero-order valence-corrected chi connectivity index (χ0v) is 25.4. The van der Waals surface area contributed by atoms with Gasteiger partial charge in [0.2, 0.25) is 5.43 Å². The second-order valence-electron chi connectivity index (χ2n) is 12.3. The highest BCUT2D eigenvalue weighted by Gasteiger charge is 2.37. The summed E-state index contributed by atoms with van der Waals surface area (Å²) in [4.78, 5) is 53.7. The van der Waals surface area contributed by atoms with E-state index in [-0.39, 0.29) is 54.6 Å². The average Bonchev–Trinajstić information content (AvgIpc) is 3.73. The highest BCUT2D eigenvalue weighted by Crippen LogP contribution is 2.44. The van der Waals surface area contributed by atoms with Crippen LogP contribution in [0.1, 0.15) is 70.8 Å². The fraction of sp³-hybridized carbons (Fsp3) is 0.586. The summed E-state index contributed by atoms with van der Waals surface area (Å²) in [7, 11) is 2.56. The number of benzene rings is 1. The largest absolute Gasteiger partial charge is 0.492 e. The molecule has 1 aromatic heterocycles. The number of amides is 2. The molecule has 2 amide bonds. The Hall–Kier alpha value is -4.03. The number of carbonyl (C=O) groups is 3. The number of aromatic nitrogens is 1. The van der Waals surface area contributed by atoms with Gasteiger partial charge in [-0.2, -0.15) is 0 Å². The Balaban J connectivity index is 1.81. The molecule has 42 heavy (non-hydrogen) atoms. The number of methoxy groups -OCH3 is 2. The third-order valence-corrected chi connectivity index (χ3v) is 6.73. The number of halogens is 1. The Morgan fingerprint density at radius 3 is 1.83 bits per heavy atom. The molecular weight excluding hydrogens is 551 g/mol. The van der Waals surface area contributed by atoms with Crippen molar-refractivity contribution in [2.24, 2.45) is 0 Å². The summed E-state index contributed by atoms with van der Waals surface area (Å²) in [5, 5.41) is 2.31. The van der Waals surface area contributed by atoms with Crippen LogP contribution >= 0.6 is 0 Å². The smallest absolute Gasteiger partial charge is 0.429 e. The van der Waals surface area contributed by atoms with Gasteiger partial charge in [-0.15, -0.1) is 0 Å². The molecule has 1 aromatic carbocycles. The van der Waals surface area contributed by atoms with Gasteiger partial charge in [-0.3, -0.25) is 4.79 Å². The lowest BCUT2D eigenvalue weighted by atomic mass is 10.1. The fourth-order valence-electron chi connectivity index (χ4n) is 4.84. The number of hydrogen-bond donors (Lipinski definition) is 0. The monoisotopic (exact) mass is 590 g/mol. The van der Waals surface area contributed by atoms with E-state index in [2.05, 4.69) is 0 Å². The molecule has 1 aliphatic heterocycles. The van der Waals surface area contributed by atoms with Crippen molar-refractivity contribution in [1.29, 1.82) is 0 Å². The zero-order valence-electron chi connectivity index (χ0n) is 25.4. The van der Waals surface area contributed by atoms with Gasteiger partial charge in [-0.05, 0) is 60.5 Å². The van der Waals surface area contributed by atoms with Crippen LogP contribution in [-0.2, 0) is 14.2 Å². The van der Waals surface area contributed by atoms with Crippen molar-refractivity contribution in [2.45, 2.75) is 71.6 Å². The van der Waals surface area contributed by atoms with Crippen molar-refractivity contribution in [2.75, 3.05) is 45.3 Å². The van der Waals surface area contributed by atoms with Crippen LogP contribution < -0.4 is 15.1 Å². The van der Waals surface area contributed by atoms with E-state index < -0.39 is 40.6 Å². The molecule has 0 unspecified atom stereocenters. The molecule has 1 saturated carbocycles. The predicted octanol–water partition coefficient (Wildman–Crippen LogP) is 4.48. The van der Waals surface area contributed by atoms with Gasteiger partial charge in [0.15, 0.2) is 11.6 Å². The fourth-order valence-corrected chi connectivity index (χ4v) is 4.84. The van der Waals surface area contributed by atoms with Gasteiger partial charge in [-0.25, -0.2) is 28.8 Å². The summed E-state index contributed by atoms with van der Waals surface area (Å²) < 4.78 is 39.4. The van der Waals surface area contributed by atoms with E-state index >= 15 is 4.39 Å². The maximum Gasteiger partial charge on any atom is 0.429 e. The molecule has 1 saturated heterocycles. The summed E-state index contributed by atoms with van der Waals surface area (Å²) in [6.07, 6.45) is 1.56. The molecule has 13 heteroatoms. The topological polar surface area (TPSA) is 120 Å². The number of pyridine rings is 1. The standard InChI is InChI=1S/C29H39FN4O8/c1-28(2,3)41-26(37)33-13-11-31(12-14-34(33)27(38)42-29(4,5)6)22-20(30)15-18-21(24(22)39-7)32(17-9-10-17)16-19(23(18)35)25(36)40-8/h15-17H,9-14H2,1-8H3. The lowest BCUT2D eigenvalue weighted by Crippen LogP contribution is -2.53. The number of rotatable bonds is 4. The van der Waals surface area contributed by atoms with Crippen LogP contribution in [-0.4, -0.2) is 84.3 Å². The number of ether oxygens (including phenoxy) is 4. The van der Waals surface area contributed by atoms with E-state index in [0.717, 1.165) is 28.9 Å². The van der Waals surface area contributed by atoms with E-state index in [4.69, 9.17) is 18.9 Å². The van der Waals surface area contributed by atoms with Crippen molar-refractivity contribution < 1.29 is 37.7 Å². The molecule has 12 nitrogen and oxygen atoms in total. The summed E-state index contributed by atoms with van der Waals surface area (Å²) >= 11 is 0. The summed E-state index contributed by atoms with van der Waals surface area (Å²) in [6.45, 7) is 10.4. The van der Waals surface area contributed by atoms with E-state index in [1.165, 1.54) is 20.4 Å². The van der Waals surface area contributed by atoms with Crippen LogP contribution in [0, 0.1) is 5.82 Å². The highest BCUT2D eigenvalue weighted by atomic mass is 19.1. The molecule has 2 aromatic rings. The van der Waals surface area contributed by atoms with Gasteiger partial charge < -0.3 is 28.4 Å². The zero-order chi connectivity index (χ0) is 31.1. The molecule has 0 atom stereocenters. The molecule has 0 spiro atoms. The first-order chi connectivity index (χ1) is 19.6. The second kappa shape index (κ2) is 11.3. The molecule has 0 radical (unpaired) electrons. The Morgan fingerprint density at radius 2 is 1.40 bits per heavy atom. The molecule has 4 rings (SSSR count). The van der Waals surface area contributed by atoms with Crippen molar-refractivity contribution in [3.8, 4) is 5.75 Å². The maximum atomic E-state index is 16.0. The number of carbonyl (C=O) groups excluding carboxylic acids is 3. The summed E-state index contributed by atoms with van der Waals surface area (Å²) in [5.41, 5.74) is -2.09. The van der Waals surface area contributed by atoms with Gasteiger partial charge in [0.1, 0.15) is 22.5 Å². The maximum absolute atomic E-state index is 16.0. The number of hydrogen-bond acceptors (Lipinski definition) is 9. The first-order valence-electron chi connectivity index (χ1n) is 13.9. The van der Waals surface area contributed by atoms with E-state index in [1.807, 2.05) is 0 Å². The lowest BCUT2D eigenvalue weighted by Gasteiger charge is -2.35. The Labute approximate surface area is 243 Å². The molecule has 1 aliphatic carbocycles.